The number of carbonyl (C=O) groups excluding carboxylic acids is 1. The molecule has 0 bridgehead atoms. The molecule has 0 radical (unpaired) electrons. The van der Waals surface area contributed by atoms with E-state index < -0.39 is 0 Å². The SMILES string of the molecule is CNCC(=O)NCc1ccc(OC)c(C)c1OC. The first-order valence-electron chi connectivity index (χ1n) is 5.75. The molecule has 0 atom stereocenters. The highest BCUT2D eigenvalue weighted by molar-refractivity contribution is 5.78. The smallest absolute Gasteiger partial charge is 0.234 e. The van der Waals surface area contributed by atoms with Crippen molar-refractivity contribution in [1.82, 2.24) is 10.6 Å². The number of nitrogens with one attached hydrogen (secondary N) is 2. The number of ether oxygens (including phenoxy) is 2. The fourth-order valence-electron chi connectivity index (χ4n) is 1.79. The van der Waals surface area contributed by atoms with Crippen LogP contribution in [0.15, 0.2) is 12.1 Å². The molecule has 100 valence electrons. The Labute approximate surface area is 107 Å². The minimum absolute atomic E-state index is 0.0481. The molecule has 1 amide bonds. The maximum Gasteiger partial charge on any atom is 0.234 e. The molecular formula is C13H20N2O3. The molecule has 2 N–H and O–H groups in total. The van der Waals surface area contributed by atoms with Crippen molar-refractivity contribution in [3.8, 4) is 11.5 Å². The molecule has 5 heteroatoms. The van der Waals surface area contributed by atoms with Gasteiger partial charge in [0.15, 0.2) is 0 Å². The molecule has 0 aliphatic heterocycles. The van der Waals surface area contributed by atoms with E-state index in [9.17, 15) is 4.79 Å². The first-order chi connectivity index (χ1) is 8.63. The fourth-order valence-corrected chi connectivity index (χ4v) is 1.79. The number of likely N-dealkylation sites (N-methyl/N-ethyl adjacent to an activating group) is 1. The summed E-state index contributed by atoms with van der Waals surface area (Å²) in [7, 11) is 4.97. The molecule has 1 rings (SSSR count). The van der Waals surface area contributed by atoms with E-state index in [2.05, 4.69) is 10.6 Å². The number of carbonyl (C=O) groups is 1. The Bertz CT molecular complexity index is 419. The van der Waals surface area contributed by atoms with E-state index >= 15 is 0 Å². The third-order valence-corrected chi connectivity index (χ3v) is 2.68. The monoisotopic (exact) mass is 252 g/mol. The lowest BCUT2D eigenvalue weighted by atomic mass is 10.1. The van der Waals surface area contributed by atoms with Gasteiger partial charge in [-0.1, -0.05) is 0 Å². The highest BCUT2D eigenvalue weighted by atomic mass is 16.5. The molecule has 5 nitrogen and oxygen atoms in total. The van der Waals surface area contributed by atoms with Gasteiger partial charge in [-0.15, -0.1) is 0 Å². The lowest BCUT2D eigenvalue weighted by Crippen LogP contribution is -2.31. The maximum atomic E-state index is 11.4. The number of methoxy groups -OCH3 is 2. The average Bonchev–Trinajstić information content (AvgIpc) is 2.36. The van der Waals surface area contributed by atoms with Crippen LogP contribution in [0, 0.1) is 6.92 Å². The highest BCUT2D eigenvalue weighted by Crippen LogP contribution is 2.31. The minimum Gasteiger partial charge on any atom is -0.496 e. The standard InChI is InChI=1S/C13H20N2O3/c1-9-11(17-3)6-5-10(13(9)18-4)7-15-12(16)8-14-2/h5-6,14H,7-8H2,1-4H3,(H,15,16). The van der Waals surface area contributed by atoms with Crippen molar-refractivity contribution in [2.75, 3.05) is 27.8 Å². The largest absolute Gasteiger partial charge is 0.496 e. The predicted octanol–water partition coefficient (Wildman–Crippen LogP) is 0.848. The number of hydrogen-bond acceptors (Lipinski definition) is 4. The van der Waals surface area contributed by atoms with Crippen molar-refractivity contribution >= 4 is 5.91 Å². The van der Waals surface area contributed by atoms with E-state index in [1.165, 1.54) is 0 Å². The lowest BCUT2D eigenvalue weighted by molar-refractivity contribution is -0.120. The van der Waals surface area contributed by atoms with Crippen LogP contribution in [0.5, 0.6) is 11.5 Å². The summed E-state index contributed by atoms with van der Waals surface area (Å²) in [6.07, 6.45) is 0. The molecule has 0 unspecified atom stereocenters. The second-order valence-electron chi connectivity index (χ2n) is 3.89. The van der Waals surface area contributed by atoms with Crippen LogP contribution in [0.4, 0.5) is 0 Å². The van der Waals surface area contributed by atoms with Gasteiger partial charge in [0, 0.05) is 17.7 Å². The molecule has 0 fully saturated rings. The summed E-state index contributed by atoms with van der Waals surface area (Å²) in [4.78, 5) is 11.4. The molecule has 0 spiro atoms. The van der Waals surface area contributed by atoms with Crippen LogP contribution in [0.1, 0.15) is 11.1 Å². The first kappa shape index (κ1) is 14.3. The molecule has 0 saturated heterocycles. The van der Waals surface area contributed by atoms with Gasteiger partial charge in [-0.2, -0.15) is 0 Å². The van der Waals surface area contributed by atoms with E-state index in [0.717, 1.165) is 22.6 Å². The average molecular weight is 252 g/mol. The van der Waals surface area contributed by atoms with Crippen LogP contribution in [0.2, 0.25) is 0 Å². The van der Waals surface area contributed by atoms with Crippen LogP contribution in [-0.4, -0.2) is 33.7 Å². The molecule has 0 saturated carbocycles. The van der Waals surface area contributed by atoms with Crippen LogP contribution >= 0.6 is 0 Å². The molecule has 0 aliphatic rings. The van der Waals surface area contributed by atoms with Gasteiger partial charge in [0.25, 0.3) is 0 Å². The maximum absolute atomic E-state index is 11.4. The zero-order chi connectivity index (χ0) is 13.5. The lowest BCUT2D eigenvalue weighted by Gasteiger charge is -2.14. The van der Waals surface area contributed by atoms with Crippen LogP contribution in [0.25, 0.3) is 0 Å². The van der Waals surface area contributed by atoms with Gasteiger partial charge in [0.2, 0.25) is 5.91 Å². The predicted molar refractivity (Wildman–Crippen MR) is 70.1 cm³/mol. The molecular weight excluding hydrogens is 232 g/mol. The van der Waals surface area contributed by atoms with Crippen LogP contribution < -0.4 is 20.1 Å². The van der Waals surface area contributed by atoms with Crippen molar-refractivity contribution in [1.29, 1.82) is 0 Å². The van der Waals surface area contributed by atoms with Gasteiger partial charge in [-0.05, 0) is 26.1 Å². The third-order valence-electron chi connectivity index (χ3n) is 2.68. The zero-order valence-electron chi connectivity index (χ0n) is 11.3. The van der Waals surface area contributed by atoms with Gasteiger partial charge in [0.05, 0.1) is 20.8 Å². The Morgan fingerprint density at radius 2 is 2.00 bits per heavy atom. The topological polar surface area (TPSA) is 59.6 Å². The number of hydrogen-bond donors (Lipinski definition) is 2. The van der Waals surface area contributed by atoms with E-state index in [1.54, 1.807) is 21.3 Å². The van der Waals surface area contributed by atoms with Crippen LogP contribution in [0.3, 0.4) is 0 Å². The summed E-state index contributed by atoms with van der Waals surface area (Å²) < 4.78 is 10.6. The highest BCUT2D eigenvalue weighted by Gasteiger charge is 2.11. The second-order valence-corrected chi connectivity index (χ2v) is 3.89. The normalized spacial score (nSPS) is 10.0. The Morgan fingerprint density at radius 3 is 2.56 bits per heavy atom. The van der Waals surface area contributed by atoms with Crippen molar-refractivity contribution in [3.63, 3.8) is 0 Å². The minimum atomic E-state index is -0.0481. The Hall–Kier alpha value is -1.75. The summed E-state index contributed by atoms with van der Waals surface area (Å²) in [6, 6.07) is 3.77. The van der Waals surface area contributed by atoms with Crippen molar-refractivity contribution in [2.24, 2.45) is 0 Å². The van der Waals surface area contributed by atoms with Crippen molar-refractivity contribution in [2.45, 2.75) is 13.5 Å². The molecule has 1 aromatic rings. The Kier molecular flexibility index (Phi) is 5.45. The van der Waals surface area contributed by atoms with E-state index in [1.807, 2.05) is 19.1 Å². The Morgan fingerprint density at radius 1 is 1.28 bits per heavy atom. The van der Waals surface area contributed by atoms with Crippen molar-refractivity contribution < 1.29 is 14.3 Å². The van der Waals surface area contributed by atoms with Gasteiger partial charge >= 0.3 is 0 Å². The summed E-state index contributed by atoms with van der Waals surface area (Å²) in [6.45, 7) is 2.67. The number of rotatable bonds is 6. The fraction of sp³-hybridized carbons (Fsp3) is 0.462. The van der Waals surface area contributed by atoms with Gasteiger partial charge in [-0.3, -0.25) is 4.79 Å². The van der Waals surface area contributed by atoms with Crippen molar-refractivity contribution in [3.05, 3.63) is 23.3 Å². The van der Waals surface area contributed by atoms with Gasteiger partial charge in [0.1, 0.15) is 11.5 Å². The number of benzene rings is 1. The Balaban J connectivity index is 2.83. The van der Waals surface area contributed by atoms with Gasteiger partial charge in [-0.25, -0.2) is 0 Å². The summed E-state index contributed by atoms with van der Waals surface area (Å²) in [5.74, 6) is 1.48. The zero-order valence-corrected chi connectivity index (χ0v) is 11.3. The summed E-state index contributed by atoms with van der Waals surface area (Å²) in [5.41, 5.74) is 1.86. The van der Waals surface area contributed by atoms with E-state index in [4.69, 9.17) is 9.47 Å². The first-order valence-corrected chi connectivity index (χ1v) is 5.75. The van der Waals surface area contributed by atoms with Crippen LogP contribution in [-0.2, 0) is 11.3 Å². The molecule has 1 aromatic carbocycles. The molecule has 0 heterocycles. The molecule has 0 aromatic heterocycles. The quantitative estimate of drug-likeness (QED) is 0.788. The molecule has 18 heavy (non-hydrogen) atoms. The molecule has 0 aliphatic carbocycles. The summed E-state index contributed by atoms with van der Waals surface area (Å²) in [5, 5.41) is 5.62. The third kappa shape index (κ3) is 3.37. The van der Waals surface area contributed by atoms with E-state index in [0.29, 0.717) is 13.1 Å². The van der Waals surface area contributed by atoms with E-state index in [-0.39, 0.29) is 5.91 Å². The summed E-state index contributed by atoms with van der Waals surface area (Å²) >= 11 is 0. The number of amides is 1. The van der Waals surface area contributed by atoms with Gasteiger partial charge < -0.3 is 20.1 Å². The second kappa shape index (κ2) is 6.86.